The number of benzene rings is 1. The summed E-state index contributed by atoms with van der Waals surface area (Å²) in [7, 11) is 0. The van der Waals surface area contributed by atoms with Crippen molar-refractivity contribution in [2.45, 2.75) is 20.8 Å². The van der Waals surface area contributed by atoms with Gasteiger partial charge in [0.25, 0.3) is 0 Å². The van der Waals surface area contributed by atoms with Gasteiger partial charge in [0.15, 0.2) is 0 Å². The molecule has 0 bridgehead atoms. The molecule has 16 heavy (non-hydrogen) atoms. The molecule has 1 rings (SSSR count). The molecule has 3 heteroatoms. The predicted molar refractivity (Wildman–Crippen MR) is 76.6 cm³/mol. The first-order chi connectivity index (χ1) is 7.54. The van der Waals surface area contributed by atoms with E-state index >= 15 is 0 Å². The van der Waals surface area contributed by atoms with Crippen molar-refractivity contribution < 1.29 is 4.74 Å². The maximum absolute atomic E-state index is 5.79. The van der Waals surface area contributed by atoms with Gasteiger partial charge in [0.1, 0.15) is 5.75 Å². The van der Waals surface area contributed by atoms with Crippen molar-refractivity contribution in [2.75, 3.05) is 12.4 Å². The van der Waals surface area contributed by atoms with Gasteiger partial charge >= 0.3 is 0 Å². The average Bonchev–Trinajstić information content (AvgIpc) is 2.23. The highest BCUT2D eigenvalue weighted by Crippen LogP contribution is 2.23. The van der Waals surface area contributed by atoms with Gasteiger partial charge in [0, 0.05) is 10.4 Å². The number of halogens is 1. The Morgan fingerprint density at radius 2 is 2.06 bits per heavy atom. The number of hydrogen-bond acceptors (Lipinski definition) is 2. The monoisotopic (exact) mass is 302 g/mol. The number of aryl methyl sites for hydroxylation is 1. The highest BCUT2D eigenvalue weighted by atomic mass is 79.9. The van der Waals surface area contributed by atoms with Crippen molar-refractivity contribution in [1.82, 2.24) is 0 Å². The van der Waals surface area contributed by atoms with Gasteiger partial charge in [-0.25, -0.2) is 0 Å². The van der Waals surface area contributed by atoms with E-state index in [1.165, 1.54) is 5.56 Å². The lowest BCUT2D eigenvalue weighted by molar-refractivity contribution is 0.227. The molecule has 1 aromatic carbocycles. The van der Waals surface area contributed by atoms with Gasteiger partial charge in [0.2, 0.25) is 0 Å². The summed E-state index contributed by atoms with van der Waals surface area (Å²) in [6.07, 6.45) is 0. The molecule has 0 spiro atoms. The lowest BCUT2D eigenvalue weighted by Gasteiger charge is -2.19. The summed E-state index contributed by atoms with van der Waals surface area (Å²) in [6.45, 7) is 7.21. The number of hydrogen-bond donors (Lipinski definition) is 1. The predicted octanol–water partition coefficient (Wildman–Crippen LogP) is 4.34. The Hall–Kier alpha value is -0.150. The fourth-order valence-corrected chi connectivity index (χ4v) is 2.14. The largest absolute Gasteiger partial charge is 0.493 e. The summed E-state index contributed by atoms with van der Waals surface area (Å²) < 4.78 is 6.91. The Morgan fingerprint density at radius 3 is 2.56 bits per heavy atom. The van der Waals surface area contributed by atoms with E-state index in [-0.39, 0.29) is 0 Å². The number of thiol groups is 1. The van der Waals surface area contributed by atoms with Gasteiger partial charge in [-0.15, -0.1) is 0 Å². The molecule has 0 aromatic heterocycles. The third kappa shape index (κ3) is 4.02. The average molecular weight is 303 g/mol. The Kier molecular flexibility index (Phi) is 5.70. The molecule has 1 atom stereocenters. The minimum atomic E-state index is 0.507. The molecule has 90 valence electrons. The maximum Gasteiger partial charge on any atom is 0.119 e. The van der Waals surface area contributed by atoms with Crippen LogP contribution in [-0.2, 0) is 0 Å². The molecule has 0 amide bonds. The highest BCUT2D eigenvalue weighted by molar-refractivity contribution is 9.10. The fraction of sp³-hybridized carbons (Fsp3) is 0.538. The summed E-state index contributed by atoms with van der Waals surface area (Å²) >= 11 is 7.83. The van der Waals surface area contributed by atoms with E-state index < -0.39 is 0 Å². The molecule has 1 aromatic rings. The Labute approximate surface area is 112 Å². The molecule has 1 nitrogen and oxygen atoms in total. The molecule has 0 heterocycles. The molecular formula is C13H19BrOS. The van der Waals surface area contributed by atoms with Crippen molar-refractivity contribution in [3.63, 3.8) is 0 Å². The Bertz CT molecular complexity index is 339. The third-order valence-corrected chi connectivity index (χ3v) is 4.13. The lowest BCUT2D eigenvalue weighted by Crippen LogP contribution is -2.19. The second-order valence-corrected chi connectivity index (χ2v) is 5.63. The van der Waals surface area contributed by atoms with Gasteiger partial charge in [-0.05, 0) is 42.4 Å². The van der Waals surface area contributed by atoms with E-state index in [4.69, 9.17) is 4.74 Å². The van der Waals surface area contributed by atoms with Crippen LogP contribution in [0, 0.1) is 18.8 Å². The molecule has 0 fully saturated rings. The molecule has 0 aliphatic heterocycles. The van der Waals surface area contributed by atoms with Crippen LogP contribution >= 0.6 is 28.6 Å². The number of ether oxygens (including phenoxy) is 1. The summed E-state index contributed by atoms with van der Waals surface area (Å²) in [5, 5.41) is 0. The SMILES string of the molecule is Cc1cc(OCC(CS)C(C)C)ccc1Br. The van der Waals surface area contributed by atoms with Gasteiger partial charge in [0.05, 0.1) is 6.61 Å². The number of rotatable bonds is 5. The molecule has 0 radical (unpaired) electrons. The van der Waals surface area contributed by atoms with Crippen LogP contribution in [0.2, 0.25) is 0 Å². The van der Waals surface area contributed by atoms with E-state index in [9.17, 15) is 0 Å². The Balaban J connectivity index is 2.57. The summed E-state index contributed by atoms with van der Waals surface area (Å²) in [6, 6.07) is 6.07. The van der Waals surface area contributed by atoms with E-state index in [1.54, 1.807) is 0 Å². The highest BCUT2D eigenvalue weighted by Gasteiger charge is 2.12. The molecule has 0 N–H and O–H groups in total. The second kappa shape index (κ2) is 6.55. The van der Waals surface area contributed by atoms with Crippen molar-refractivity contribution in [2.24, 2.45) is 11.8 Å². The zero-order valence-electron chi connectivity index (χ0n) is 10.0. The Morgan fingerprint density at radius 1 is 1.38 bits per heavy atom. The zero-order chi connectivity index (χ0) is 12.1. The molecule has 0 aliphatic carbocycles. The lowest BCUT2D eigenvalue weighted by atomic mass is 9.99. The van der Waals surface area contributed by atoms with Crippen LogP contribution in [0.5, 0.6) is 5.75 Å². The van der Waals surface area contributed by atoms with Gasteiger partial charge in [-0.2, -0.15) is 12.6 Å². The normalized spacial score (nSPS) is 12.9. The minimum absolute atomic E-state index is 0.507. The van der Waals surface area contributed by atoms with Crippen LogP contribution < -0.4 is 4.74 Å². The van der Waals surface area contributed by atoms with Crippen molar-refractivity contribution >= 4 is 28.6 Å². The summed E-state index contributed by atoms with van der Waals surface area (Å²) in [4.78, 5) is 0. The summed E-state index contributed by atoms with van der Waals surface area (Å²) in [5.74, 6) is 2.92. The van der Waals surface area contributed by atoms with Crippen LogP contribution in [0.15, 0.2) is 22.7 Å². The minimum Gasteiger partial charge on any atom is -0.493 e. The van der Waals surface area contributed by atoms with Crippen LogP contribution in [0.4, 0.5) is 0 Å². The maximum atomic E-state index is 5.79. The first-order valence-corrected chi connectivity index (χ1v) is 6.97. The third-order valence-electron chi connectivity index (χ3n) is 2.77. The summed E-state index contributed by atoms with van der Waals surface area (Å²) in [5.41, 5.74) is 1.20. The first kappa shape index (κ1) is 13.9. The van der Waals surface area contributed by atoms with Gasteiger partial charge in [-0.1, -0.05) is 29.8 Å². The van der Waals surface area contributed by atoms with Crippen molar-refractivity contribution in [1.29, 1.82) is 0 Å². The van der Waals surface area contributed by atoms with Gasteiger partial charge < -0.3 is 4.74 Å². The van der Waals surface area contributed by atoms with Crippen molar-refractivity contribution in [3.05, 3.63) is 28.2 Å². The molecule has 0 saturated carbocycles. The van der Waals surface area contributed by atoms with Crippen LogP contribution in [0.25, 0.3) is 0 Å². The topological polar surface area (TPSA) is 9.23 Å². The van der Waals surface area contributed by atoms with Crippen LogP contribution in [0.1, 0.15) is 19.4 Å². The molecule has 0 aliphatic rings. The molecule has 1 unspecified atom stereocenters. The molecular weight excluding hydrogens is 284 g/mol. The van der Waals surface area contributed by atoms with E-state index in [0.717, 1.165) is 22.6 Å². The van der Waals surface area contributed by atoms with Crippen LogP contribution in [-0.4, -0.2) is 12.4 Å². The van der Waals surface area contributed by atoms with E-state index in [2.05, 4.69) is 55.4 Å². The smallest absolute Gasteiger partial charge is 0.119 e. The molecule has 0 saturated heterocycles. The van der Waals surface area contributed by atoms with E-state index in [1.807, 2.05) is 12.1 Å². The second-order valence-electron chi connectivity index (χ2n) is 4.41. The standard InChI is InChI=1S/C13H19BrOS/c1-9(2)11(8-16)7-15-12-4-5-13(14)10(3)6-12/h4-6,9,11,16H,7-8H2,1-3H3. The van der Waals surface area contributed by atoms with Crippen molar-refractivity contribution in [3.8, 4) is 5.75 Å². The van der Waals surface area contributed by atoms with Gasteiger partial charge in [-0.3, -0.25) is 0 Å². The quantitative estimate of drug-likeness (QED) is 0.796. The zero-order valence-corrected chi connectivity index (χ0v) is 12.5. The van der Waals surface area contributed by atoms with Crippen LogP contribution in [0.3, 0.4) is 0 Å². The fourth-order valence-electron chi connectivity index (χ4n) is 1.37. The first-order valence-electron chi connectivity index (χ1n) is 5.54. The van der Waals surface area contributed by atoms with E-state index in [0.29, 0.717) is 11.8 Å².